The monoisotopic (exact) mass is 393 g/mol. The van der Waals surface area contributed by atoms with Crippen molar-refractivity contribution in [3.8, 4) is 0 Å². The summed E-state index contributed by atoms with van der Waals surface area (Å²) >= 11 is 6.49. The highest BCUT2D eigenvalue weighted by Gasteiger charge is 2.29. The fraction of sp³-hybridized carbons (Fsp3) is 0.571. The minimum Gasteiger partial charge on any atom is -0.326 e. The van der Waals surface area contributed by atoms with E-state index in [0.29, 0.717) is 5.25 Å². The van der Waals surface area contributed by atoms with Crippen LogP contribution < -0.4 is 5.73 Å². The first-order valence-corrected chi connectivity index (χ1v) is 9.40. The maximum atomic E-state index is 6.39. The fourth-order valence-electron chi connectivity index (χ4n) is 2.06. The summed E-state index contributed by atoms with van der Waals surface area (Å²) in [5, 5.41) is 2.08. The van der Waals surface area contributed by atoms with Crippen molar-refractivity contribution in [3.05, 3.63) is 33.4 Å². The van der Waals surface area contributed by atoms with Crippen LogP contribution in [0.2, 0.25) is 0 Å². The fourth-order valence-corrected chi connectivity index (χ4v) is 5.48. The molecule has 0 bridgehead atoms. The van der Waals surface area contributed by atoms with E-state index in [9.17, 15) is 0 Å². The molecule has 4 atom stereocenters. The molecule has 100 valence electrons. The lowest BCUT2D eigenvalue weighted by Gasteiger charge is -2.34. The highest BCUT2D eigenvalue weighted by molar-refractivity contribution is 14.1. The second-order valence-electron chi connectivity index (χ2n) is 4.91. The van der Waals surface area contributed by atoms with Crippen LogP contribution >= 0.6 is 46.1 Å². The lowest BCUT2D eigenvalue weighted by Crippen LogP contribution is -2.41. The van der Waals surface area contributed by atoms with Crippen molar-refractivity contribution in [1.82, 2.24) is 0 Å². The Kier molecular flexibility index (Phi) is 5.72. The predicted molar refractivity (Wildman–Crippen MR) is 93.6 cm³/mol. The van der Waals surface area contributed by atoms with Crippen LogP contribution in [0.3, 0.4) is 0 Å². The van der Waals surface area contributed by atoms with Crippen LogP contribution in [0.5, 0.6) is 0 Å². The summed E-state index contributed by atoms with van der Waals surface area (Å²) in [6.45, 7) is 4.65. The van der Waals surface area contributed by atoms with Gasteiger partial charge in [0.2, 0.25) is 0 Å². The van der Waals surface area contributed by atoms with Gasteiger partial charge in [-0.05, 0) is 46.7 Å². The van der Waals surface area contributed by atoms with Crippen LogP contribution in [-0.4, -0.2) is 27.5 Å². The van der Waals surface area contributed by atoms with Gasteiger partial charge < -0.3 is 5.73 Å². The molecular weight excluding hydrogens is 373 g/mol. The van der Waals surface area contributed by atoms with Crippen LogP contribution in [-0.2, 0) is 6.42 Å². The van der Waals surface area contributed by atoms with Gasteiger partial charge in [0, 0.05) is 31.1 Å². The molecule has 0 amide bonds. The molecule has 0 spiro atoms. The maximum Gasteiger partial charge on any atom is 0.0295 e. The van der Waals surface area contributed by atoms with Gasteiger partial charge in [0.05, 0.1) is 0 Å². The zero-order valence-corrected chi connectivity index (χ0v) is 14.6. The molecule has 1 nitrogen and oxygen atoms in total. The summed E-state index contributed by atoms with van der Waals surface area (Å²) in [4.78, 5) is 0. The standard InChI is InChI=1S/C14H20INS2/c1-9-10(2)18-14(8-17-9)13(16)7-11-3-5-12(15)6-4-11/h3-6,9-10,13-14H,7-8,16H2,1-2H3. The van der Waals surface area contributed by atoms with Crippen LogP contribution in [0.4, 0.5) is 0 Å². The quantitative estimate of drug-likeness (QED) is 0.792. The Labute approximate surface area is 132 Å². The molecule has 2 rings (SSSR count). The first-order chi connectivity index (χ1) is 8.56. The maximum absolute atomic E-state index is 6.39. The Hall–Kier alpha value is 0.610. The third kappa shape index (κ3) is 4.05. The van der Waals surface area contributed by atoms with Crippen molar-refractivity contribution >= 4 is 46.1 Å². The molecule has 1 saturated heterocycles. The van der Waals surface area contributed by atoms with E-state index in [2.05, 4.69) is 84.2 Å². The molecule has 1 aliphatic rings. The molecular formula is C14H20INS2. The van der Waals surface area contributed by atoms with Crippen LogP contribution in [0.1, 0.15) is 19.4 Å². The molecule has 1 heterocycles. The zero-order valence-electron chi connectivity index (χ0n) is 10.8. The summed E-state index contributed by atoms with van der Waals surface area (Å²) in [7, 11) is 0. The van der Waals surface area contributed by atoms with Crippen molar-refractivity contribution in [3.63, 3.8) is 0 Å². The molecule has 0 aromatic heterocycles. The second-order valence-corrected chi connectivity index (χ2v) is 9.19. The summed E-state index contributed by atoms with van der Waals surface area (Å²) in [6, 6.07) is 9.01. The van der Waals surface area contributed by atoms with Crippen LogP contribution in [0.25, 0.3) is 0 Å². The van der Waals surface area contributed by atoms with Crippen molar-refractivity contribution in [2.45, 2.75) is 42.1 Å². The van der Waals surface area contributed by atoms with Crippen LogP contribution in [0, 0.1) is 3.57 Å². The lowest BCUT2D eigenvalue weighted by molar-refractivity contribution is 0.657. The summed E-state index contributed by atoms with van der Waals surface area (Å²) in [6.07, 6.45) is 0.996. The topological polar surface area (TPSA) is 26.0 Å². The van der Waals surface area contributed by atoms with E-state index in [4.69, 9.17) is 5.73 Å². The van der Waals surface area contributed by atoms with Gasteiger partial charge in [-0.15, -0.1) is 0 Å². The Balaban J connectivity index is 1.91. The van der Waals surface area contributed by atoms with E-state index in [1.807, 2.05) is 0 Å². The number of hydrogen-bond acceptors (Lipinski definition) is 3. The number of hydrogen-bond donors (Lipinski definition) is 1. The number of benzene rings is 1. The van der Waals surface area contributed by atoms with E-state index >= 15 is 0 Å². The average Bonchev–Trinajstić information content (AvgIpc) is 2.35. The van der Waals surface area contributed by atoms with Crippen molar-refractivity contribution < 1.29 is 0 Å². The van der Waals surface area contributed by atoms with E-state index < -0.39 is 0 Å². The third-order valence-corrected chi connectivity index (χ3v) is 7.73. The normalized spacial score (nSPS) is 30.1. The van der Waals surface area contributed by atoms with E-state index in [1.54, 1.807) is 0 Å². The van der Waals surface area contributed by atoms with Crippen molar-refractivity contribution in [1.29, 1.82) is 0 Å². The minimum atomic E-state index is 0.275. The summed E-state index contributed by atoms with van der Waals surface area (Å²) in [5.74, 6) is 1.20. The third-order valence-electron chi connectivity index (χ3n) is 3.44. The minimum absolute atomic E-state index is 0.275. The first-order valence-electron chi connectivity index (χ1n) is 6.33. The number of nitrogens with two attached hydrogens (primary N) is 1. The van der Waals surface area contributed by atoms with E-state index in [-0.39, 0.29) is 6.04 Å². The smallest absolute Gasteiger partial charge is 0.0295 e. The van der Waals surface area contributed by atoms with Gasteiger partial charge in [-0.2, -0.15) is 23.5 Å². The molecule has 2 N–H and O–H groups in total. The van der Waals surface area contributed by atoms with Gasteiger partial charge in [0.25, 0.3) is 0 Å². The Morgan fingerprint density at radius 3 is 2.56 bits per heavy atom. The highest BCUT2D eigenvalue weighted by Crippen LogP contribution is 2.37. The van der Waals surface area contributed by atoms with Gasteiger partial charge in [0.15, 0.2) is 0 Å². The van der Waals surface area contributed by atoms with Gasteiger partial charge in [-0.25, -0.2) is 0 Å². The van der Waals surface area contributed by atoms with Crippen LogP contribution in [0.15, 0.2) is 24.3 Å². The molecule has 0 aliphatic carbocycles. The number of thioether (sulfide) groups is 2. The average molecular weight is 393 g/mol. The van der Waals surface area contributed by atoms with E-state index in [1.165, 1.54) is 14.9 Å². The molecule has 1 aromatic carbocycles. The Morgan fingerprint density at radius 2 is 1.94 bits per heavy atom. The summed E-state index contributed by atoms with van der Waals surface area (Å²) < 4.78 is 1.29. The molecule has 0 saturated carbocycles. The lowest BCUT2D eigenvalue weighted by atomic mass is 10.0. The molecule has 4 unspecified atom stereocenters. The number of halogens is 1. The second kappa shape index (κ2) is 6.86. The predicted octanol–water partition coefficient (Wildman–Crippen LogP) is 3.79. The molecule has 4 heteroatoms. The van der Waals surface area contributed by atoms with Crippen molar-refractivity contribution in [2.75, 3.05) is 5.75 Å². The van der Waals surface area contributed by atoms with Gasteiger partial charge in [-0.1, -0.05) is 26.0 Å². The van der Waals surface area contributed by atoms with Crippen molar-refractivity contribution in [2.24, 2.45) is 5.73 Å². The Morgan fingerprint density at radius 1 is 1.28 bits per heavy atom. The Bertz CT molecular complexity index is 382. The SMILES string of the molecule is CC1SCC(C(N)Cc2ccc(I)cc2)SC1C. The molecule has 1 aromatic rings. The summed E-state index contributed by atoms with van der Waals surface area (Å²) in [5.41, 5.74) is 7.75. The molecule has 1 aliphatic heterocycles. The molecule has 18 heavy (non-hydrogen) atoms. The van der Waals surface area contributed by atoms with E-state index in [0.717, 1.165) is 16.9 Å². The first kappa shape index (κ1) is 15.0. The molecule has 1 fully saturated rings. The largest absolute Gasteiger partial charge is 0.326 e. The highest BCUT2D eigenvalue weighted by atomic mass is 127. The molecule has 0 radical (unpaired) electrons. The van der Waals surface area contributed by atoms with Gasteiger partial charge in [0.1, 0.15) is 0 Å². The van der Waals surface area contributed by atoms with Gasteiger partial charge in [-0.3, -0.25) is 0 Å². The zero-order chi connectivity index (χ0) is 13.1. The number of rotatable bonds is 3. The van der Waals surface area contributed by atoms with Gasteiger partial charge >= 0.3 is 0 Å².